The molecule has 0 saturated heterocycles. The largest absolute Gasteiger partial charge is 0.398 e. The zero-order valence-corrected chi connectivity index (χ0v) is 19.9. The van der Waals surface area contributed by atoms with Crippen LogP contribution in [0.5, 0.6) is 0 Å². The van der Waals surface area contributed by atoms with E-state index in [9.17, 15) is 9.59 Å². The fraction of sp³-hybridized carbons (Fsp3) is 0.333. The summed E-state index contributed by atoms with van der Waals surface area (Å²) in [5, 5.41) is 3.10. The zero-order valence-electron chi connectivity index (χ0n) is 19.9. The Morgan fingerprint density at radius 1 is 1.21 bits per heavy atom. The number of aromatic nitrogens is 3. The Kier molecular flexibility index (Phi) is 7.03. The van der Waals surface area contributed by atoms with E-state index in [1.165, 1.54) is 6.08 Å². The van der Waals surface area contributed by atoms with Gasteiger partial charge in [-0.25, -0.2) is 4.98 Å². The summed E-state index contributed by atoms with van der Waals surface area (Å²) in [6, 6.07) is 11.2. The Morgan fingerprint density at radius 2 is 1.97 bits per heavy atom. The minimum Gasteiger partial charge on any atom is -0.398 e. The molecule has 1 aliphatic rings. The quantitative estimate of drug-likeness (QED) is 0.412. The first-order valence-electron chi connectivity index (χ1n) is 11.7. The van der Waals surface area contributed by atoms with Crippen molar-refractivity contribution in [1.29, 1.82) is 0 Å². The van der Waals surface area contributed by atoms with E-state index in [2.05, 4.69) is 22.2 Å². The van der Waals surface area contributed by atoms with Crippen LogP contribution in [-0.2, 0) is 6.54 Å². The number of aryl methyl sites for hydroxylation is 1. The van der Waals surface area contributed by atoms with Crippen molar-refractivity contribution in [2.24, 2.45) is 11.7 Å². The molecule has 0 spiro atoms. The van der Waals surface area contributed by atoms with Crippen LogP contribution in [0.3, 0.4) is 0 Å². The Hall–Kier alpha value is -3.58. The van der Waals surface area contributed by atoms with Crippen LogP contribution < -0.4 is 16.6 Å². The second kappa shape index (κ2) is 10.1. The van der Waals surface area contributed by atoms with E-state index in [1.54, 1.807) is 29.8 Å². The summed E-state index contributed by atoms with van der Waals surface area (Å²) >= 11 is 0. The molecule has 7 heteroatoms. The van der Waals surface area contributed by atoms with Crippen molar-refractivity contribution >= 4 is 11.5 Å². The topological polar surface area (TPSA) is 103 Å². The average Bonchev–Trinajstić information content (AvgIpc) is 3.26. The number of ketones is 1. The number of nitrogens with one attached hydrogen (secondary N) is 1. The van der Waals surface area contributed by atoms with Gasteiger partial charge in [-0.15, -0.1) is 0 Å². The fourth-order valence-corrected chi connectivity index (χ4v) is 4.50. The molecule has 3 aromatic rings. The molecule has 2 aromatic heterocycles. The molecule has 0 amide bonds. The Balaban J connectivity index is 1.61. The third-order valence-electron chi connectivity index (χ3n) is 6.44. The lowest BCUT2D eigenvalue weighted by molar-refractivity contribution is 0.104. The highest BCUT2D eigenvalue weighted by Crippen LogP contribution is 2.33. The molecule has 1 aliphatic carbocycles. The molecule has 1 aromatic carbocycles. The zero-order chi connectivity index (χ0) is 24.2. The van der Waals surface area contributed by atoms with Crippen LogP contribution in [0.2, 0.25) is 0 Å². The first-order chi connectivity index (χ1) is 16.4. The van der Waals surface area contributed by atoms with Gasteiger partial charge in [-0.3, -0.25) is 14.6 Å². The van der Waals surface area contributed by atoms with Crippen molar-refractivity contribution in [1.82, 2.24) is 19.9 Å². The van der Waals surface area contributed by atoms with Crippen LogP contribution in [-0.4, -0.2) is 27.4 Å². The van der Waals surface area contributed by atoms with E-state index in [0.717, 1.165) is 42.5 Å². The number of carbonyl (C=O) groups is 1. The summed E-state index contributed by atoms with van der Waals surface area (Å²) < 4.78 is 1.80. The summed E-state index contributed by atoms with van der Waals surface area (Å²) in [6.07, 6.45) is 7.99. The predicted molar refractivity (Wildman–Crippen MR) is 134 cm³/mol. The third-order valence-corrected chi connectivity index (χ3v) is 6.44. The number of carbonyl (C=O) groups excluding carboxylic acids is 1. The van der Waals surface area contributed by atoms with Crippen molar-refractivity contribution < 1.29 is 4.79 Å². The standard InChI is InChI=1S/C27H31N5O2/c1-17-4-10-22(12-17)32-16-21(9-11-26(32)34)24-15-30-18(2)27(31-24)25(33)13-23(28)20-7-5-19(6-8-20)14-29-3/h5-9,11,13,15-17,22,29H,4,10,12,14,28H2,1-3H3. The van der Waals surface area contributed by atoms with E-state index in [4.69, 9.17) is 5.73 Å². The summed E-state index contributed by atoms with van der Waals surface area (Å²) in [6.45, 7) is 4.73. The van der Waals surface area contributed by atoms with Crippen molar-refractivity contribution in [2.45, 2.75) is 45.7 Å². The number of hydrogen-bond donors (Lipinski definition) is 2. The number of hydrogen-bond acceptors (Lipinski definition) is 6. The van der Waals surface area contributed by atoms with Crippen molar-refractivity contribution in [3.05, 3.63) is 87.7 Å². The van der Waals surface area contributed by atoms with Crippen LogP contribution in [0.4, 0.5) is 0 Å². The summed E-state index contributed by atoms with van der Waals surface area (Å²) in [7, 11) is 1.89. The average molecular weight is 458 g/mol. The van der Waals surface area contributed by atoms with Crippen molar-refractivity contribution in [2.75, 3.05) is 7.05 Å². The van der Waals surface area contributed by atoms with Crippen molar-refractivity contribution in [3.63, 3.8) is 0 Å². The molecule has 4 rings (SSSR count). The maximum Gasteiger partial charge on any atom is 0.250 e. The number of pyridine rings is 1. The molecule has 1 saturated carbocycles. The molecule has 1 fully saturated rings. The van der Waals surface area contributed by atoms with Gasteiger partial charge in [0.05, 0.1) is 17.6 Å². The Morgan fingerprint density at radius 3 is 2.65 bits per heavy atom. The number of nitrogens with two attached hydrogens (primary N) is 1. The van der Waals surface area contributed by atoms with Crippen LogP contribution >= 0.6 is 0 Å². The molecular weight excluding hydrogens is 426 g/mol. The van der Waals surface area contributed by atoms with Gasteiger partial charge in [-0.05, 0) is 56.3 Å². The van der Waals surface area contributed by atoms with Gasteiger partial charge >= 0.3 is 0 Å². The molecule has 2 atom stereocenters. The minimum atomic E-state index is -0.304. The SMILES string of the molecule is CNCc1ccc(C(N)=CC(=O)c2nc(-c3ccc(=O)n(C4CCC(C)C4)c3)cnc2C)cc1. The fourth-order valence-electron chi connectivity index (χ4n) is 4.50. The molecule has 2 heterocycles. The Labute approximate surface area is 199 Å². The normalized spacial score (nSPS) is 18.3. The lowest BCUT2D eigenvalue weighted by atomic mass is 10.1. The monoisotopic (exact) mass is 457 g/mol. The molecule has 0 radical (unpaired) electrons. The predicted octanol–water partition coefficient (Wildman–Crippen LogP) is 3.88. The number of rotatable bonds is 7. The highest BCUT2D eigenvalue weighted by atomic mass is 16.1. The van der Waals surface area contributed by atoms with E-state index >= 15 is 0 Å². The smallest absolute Gasteiger partial charge is 0.250 e. The molecule has 2 unspecified atom stereocenters. The summed E-state index contributed by atoms with van der Waals surface area (Å²) in [4.78, 5) is 34.5. The second-order valence-electron chi connectivity index (χ2n) is 9.12. The third kappa shape index (κ3) is 5.15. The van der Waals surface area contributed by atoms with Crippen LogP contribution in [0.15, 0.2) is 59.7 Å². The molecule has 3 N–H and O–H groups in total. The number of nitrogens with zero attached hydrogens (tertiary/aromatic N) is 3. The molecule has 176 valence electrons. The van der Waals surface area contributed by atoms with E-state index in [0.29, 0.717) is 23.0 Å². The molecular formula is C27H31N5O2. The minimum absolute atomic E-state index is 0.0179. The van der Waals surface area contributed by atoms with Gasteiger partial charge in [0, 0.05) is 42.2 Å². The van der Waals surface area contributed by atoms with Crippen molar-refractivity contribution in [3.8, 4) is 11.3 Å². The van der Waals surface area contributed by atoms with Crippen LogP contribution in [0.25, 0.3) is 17.0 Å². The van der Waals surface area contributed by atoms with Gasteiger partial charge in [-0.1, -0.05) is 31.2 Å². The number of benzene rings is 1. The maximum atomic E-state index is 13.0. The van der Waals surface area contributed by atoms with Gasteiger partial charge in [0.25, 0.3) is 5.56 Å². The van der Waals surface area contributed by atoms with Crippen LogP contribution in [0, 0.1) is 12.8 Å². The van der Waals surface area contributed by atoms with Gasteiger partial charge in [-0.2, -0.15) is 0 Å². The molecule has 7 nitrogen and oxygen atoms in total. The van der Waals surface area contributed by atoms with E-state index < -0.39 is 0 Å². The van der Waals surface area contributed by atoms with Gasteiger partial charge < -0.3 is 15.6 Å². The summed E-state index contributed by atoms with van der Waals surface area (Å²) in [5.41, 5.74) is 10.6. The highest BCUT2D eigenvalue weighted by Gasteiger charge is 2.24. The van der Waals surface area contributed by atoms with Gasteiger partial charge in [0.2, 0.25) is 5.78 Å². The van der Waals surface area contributed by atoms with E-state index in [1.807, 2.05) is 37.5 Å². The van der Waals surface area contributed by atoms with Crippen LogP contribution in [0.1, 0.15) is 59.5 Å². The Bertz CT molecular complexity index is 1280. The van der Waals surface area contributed by atoms with Gasteiger partial charge in [0.15, 0.2) is 0 Å². The number of allylic oxidation sites excluding steroid dienone is 1. The maximum absolute atomic E-state index is 13.0. The lowest BCUT2D eigenvalue weighted by Crippen LogP contribution is -2.22. The molecule has 0 aliphatic heterocycles. The van der Waals surface area contributed by atoms with E-state index in [-0.39, 0.29) is 23.1 Å². The second-order valence-corrected chi connectivity index (χ2v) is 9.12. The lowest BCUT2D eigenvalue weighted by Gasteiger charge is -2.15. The first kappa shape index (κ1) is 23.6. The molecule has 0 bridgehead atoms. The van der Waals surface area contributed by atoms with Gasteiger partial charge in [0.1, 0.15) is 5.69 Å². The first-order valence-corrected chi connectivity index (χ1v) is 11.7. The highest BCUT2D eigenvalue weighted by molar-refractivity contribution is 6.07. The summed E-state index contributed by atoms with van der Waals surface area (Å²) in [5.74, 6) is 0.308. The molecule has 34 heavy (non-hydrogen) atoms.